The van der Waals surface area contributed by atoms with Gasteiger partial charge in [-0.25, -0.2) is 4.39 Å². The molecule has 1 aromatic rings. The average Bonchev–Trinajstić information content (AvgIpc) is 2.45. The van der Waals surface area contributed by atoms with E-state index in [0.717, 1.165) is 11.5 Å². The molecule has 0 aromatic heterocycles. The molecule has 2 rings (SSSR count). The first kappa shape index (κ1) is 14.8. The predicted octanol–water partition coefficient (Wildman–Crippen LogP) is 4.96. The highest BCUT2D eigenvalue weighted by atomic mass is 35.5. The van der Waals surface area contributed by atoms with Gasteiger partial charge < -0.3 is 5.32 Å². The lowest BCUT2D eigenvalue weighted by Crippen LogP contribution is -2.29. The molecule has 0 bridgehead atoms. The van der Waals surface area contributed by atoms with Gasteiger partial charge in [0.15, 0.2) is 0 Å². The Balaban J connectivity index is 2.14. The molecule has 1 aromatic carbocycles. The van der Waals surface area contributed by atoms with Gasteiger partial charge in [0, 0.05) is 6.04 Å². The normalized spacial score (nSPS) is 25.3. The summed E-state index contributed by atoms with van der Waals surface area (Å²) in [4.78, 5) is 0. The number of rotatable bonds is 4. The minimum atomic E-state index is -0.318. The first-order valence-electron chi connectivity index (χ1n) is 7.28. The fraction of sp³-hybridized carbons (Fsp3) is 0.625. The molecule has 1 fully saturated rings. The lowest BCUT2D eigenvalue weighted by atomic mass is 9.76. The van der Waals surface area contributed by atoms with E-state index in [1.54, 1.807) is 6.07 Å². The Kier molecular flexibility index (Phi) is 5.23. The quantitative estimate of drug-likeness (QED) is 0.824. The highest BCUT2D eigenvalue weighted by molar-refractivity contribution is 6.31. The van der Waals surface area contributed by atoms with Crippen molar-refractivity contribution in [3.05, 3.63) is 34.6 Å². The fourth-order valence-corrected chi connectivity index (χ4v) is 3.58. The maximum absolute atomic E-state index is 13.6. The molecule has 0 aliphatic heterocycles. The van der Waals surface area contributed by atoms with E-state index >= 15 is 0 Å². The van der Waals surface area contributed by atoms with E-state index in [9.17, 15) is 4.39 Å². The first-order chi connectivity index (χ1) is 9.17. The Morgan fingerprint density at radius 2 is 2.00 bits per heavy atom. The standard InChI is InChI=1S/C16H23ClFN/c1-3-11-7-9-12(10-8-11)16(19-2)13-5-4-6-14(18)15(13)17/h4-6,11-12,16,19H,3,7-10H2,1-2H3. The Morgan fingerprint density at radius 3 is 2.58 bits per heavy atom. The second-order valence-electron chi connectivity index (χ2n) is 5.60. The third-order valence-corrected chi connectivity index (χ3v) is 4.97. The van der Waals surface area contributed by atoms with Crippen LogP contribution in [0.3, 0.4) is 0 Å². The van der Waals surface area contributed by atoms with Gasteiger partial charge >= 0.3 is 0 Å². The van der Waals surface area contributed by atoms with Crippen LogP contribution in [0.15, 0.2) is 18.2 Å². The molecule has 1 aliphatic rings. The van der Waals surface area contributed by atoms with Gasteiger partial charge in [-0.2, -0.15) is 0 Å². The zero-order chi connectivity index (χ0) is 13.8. The summed E-state index contributed by atoms with van der Waals surface area (Å²) in [7, 11) is 1.94. The van der Waals surface area contributed by atoms with Crippen molar-refractivity contribution in [3.63, 3.8) is 0 Å². The molecule has 0 spiro atoms. The van der Waals surface area contributed by atoms with Crippen LogP contribution >= 0.6 is 11.6 Å². The predicted molar refractivity (Wildman–Crippen MR) is 78.9 cm³/mol. The average molecular weight is 284 g/mol. The summed E-state index contributed by atoms with van der Waals surface area (Å²) in [5.41, 5.74) is 0.907. The van der Waals surface area contributed by atoms with Gasteiger partial charge in [0.25, 0.3) is 0 Å². The highest BCUT2D eigenvalue weighted by Gasteiger charge is 2.28. The van der Waals surface area contributed by atoms with Crippen LogP contribution in [0, 0.1) is 17.7 Å². The Labute approximate surface area is 120 Å². The van der Waals surface area contributed by atoms with Crippen LogP contribution in [0.25, 0.3) is 0 Å². The van der Waals surface area contributed by atoms with Crippen molar-refractivity contribution in [1.29, 1.82) is 0 Å². The lowest BCUT2D eigenvalue weighted by Gasteiger charge is -2.34. The second kappa shape index (κ2) is 6.71. The minimum absolute atomic E-state index is 0.168. The summed E-state index contributed by atoms with van der Waals surface area (Å²) in [6.45, 7) is 2.27. The summed E-state index contributed by atoms with van der Waals surface area (Å²) in [6.07, 6.45) is 6.25. The Morgan fingerprint density at radius 1 is 1.32 bits per heavy atom. The van der Waals surface area contributed by atoms with E-state index in [0.29, 0.717) is 5.92 Å². The lowest BCUT2D eigenvalue weighted by molar-refractivity contribution is 0.224. The maximum Gasteiger partial charge on any atom is 0.142 e. The fourth-order valence-electron chi connectivity index (χ4n) is 3.34. The van der Waals surface area contributed by atoms with Crippen LogP contribution in [0.5, 0.6) is 0 Å². The zero-order valence-corrected chi connectivity index (χ0v) is 12.5. The van der Waals surface area contributed by atoms with E-state index in [4.69, 9.17) is 11.6 Å². The third kappa shape index (κ3) is 3.29. The van der Waals surface area contributed by atoms with Crippen LogP contribution in [-0.4, -0.2) is 7.05 Å². The monoisotopic (exact) mass is 283 g/mol. The number of benzene rings is 1. The van der Waals surface area contributed by atoms with Crippen molar-refractivity contribution in [3.8, 4) is 0 Å². The number of hydrogen-bond donors (Lipinski definition) is 1. The zero-order valence-electron chi connectivity index (χ0n) is 11.8. The van der Waals surface area contributed by atoms with Crippen LogP contribution < -0.4 is 5.32 Å². The molecule has 1 N–H and O–H groups in total. The number of halogens is 2. The van der Waals surface area contributed by atoms with E-state index in [1.807, 2.05) is 13.1 Å². The molecule has 0 saturated heterocycles. The minimum Gasteiger partial charge on any atom is -0.313 e. The van der Waals surface area contributed by atoms with Gasteiger partial charge in [-0.3, -0.25) is 0 Å². The van der Waals surface area contributed by atoms with Gasteiger partial charge in [-0.1, -0.05) is 49.9 Å². The largest absolute Gasteiger partial charge is 0.313 e. The number of hydrogen-bond acceptors (Lipinski definition) is 1. The maximum atomic E-state index is 13.6. The highest BCUT2D eigenvalue weighted by Crippen LogP contribution is 2.39. The molecule has 0 amide bonds. The smallest absolute Gasteiger partial charge is 0.142 e. The van der Waals surface area contributed by atoms with E-state index in [2.05, 4.69) is 12.2 Å². The van der Waals surface area contributed by atoms with Crippen molar-refractivity contribution >= 4 is 11.6 Å². The molecule has 1 aliphatic carbocycles. The molecule has 1 unspecified atom stereocenters. The molecule has 1 atom stereocenters. The topological polar surface area (TPSA) is 12.0 Å². The van der Waals surface area contributed by atoms with Gasteiger partial charge in [0.2, 0.25) is 0 Å². The molecular weight excluding hydrogens is 261 g/mol. The summed E-state index contributed by atoms with van der Waals surface area (Å²) < 4.78 is 13.6. The molecular formula is C16H23ClFN. The van der Waals surface area contributed by atoms with Gasteiger partial charge in [-0.15, -0.1) is 0 Å². The molecule has 3 heteroatoms. The molecule has 106 valence electrons. The van der Waals surface area contributed by atoms with Crippen LogP contribution in [0.2, 0.25) is 5.02 Å². The SMILES string of the molecule is CCC1CCC(C(NC)c2cccc(F)c2Cl)CC1. The van der Waals surface area contributed by atoms with Crippen LogP contribution in [0.4, 0.5) is 4.39 Å². The van der Waals surface area contributed by atoms with Crippen molar-refractivity contribution in [2.75, 3.05) is 7.05 Å². The summed E-state index contributed by atoms with van der Waals surface area (Å²) in [5.74, 6) is 1.12. The molecule has 1 nitrogen and oxygen atoms in total. The Bertz CT molecular complexity index is 413. The van der Waals surface area contributed by atoms with Crippen LogP contribution in [-0.2, 0) is 0 Å². The molecule has 0 radical (unpaired) electrons. The second-order valence-corrected chi connectivity index (χ2v) is 5.98. The Hall–Kier alpha value is -0.600. The van der Waals surface area contributed by atoms with Gasteiger partial charge in [0.05, 0.1) is 5.02 Å². The van der Waals surface area contributed by atoms with Crippen molar-refractivity contribution in [2.24, 2.45) is 11.8 Å². The van der Waals surface area contributed by atoms with E-state index < -0.39 is 0 Å². The first-order valence-corrected chi connectivity index (χ1v) is 7.66. The van der Waals surface area contributed by atoms with Crippen LogP contribution in [0.1, 0.15) is 50.6 Å². The summed E-state index contributed by atoms with van der Waals surface area (Å²) in [6, 6.07) is 5.28. The molecule has 1 saturated carbocycles. The van der Waals surface area contributed by atoms with Gasteiger partial charge in [-0.05, 0) is 43.4 Å². The van der Waals surface area contributed by atoms with Crippen molar-refractivity contribution in [2.45, 2.75) is 45.1 Å². The van der Waals surface area contributed by atoms with E-state index in [1.165, 1.54) is 38.2 Å². The number of nitrogens with one attached hydrogen (secondary N) is 1. The summed E-state index contributed by atoms with van der Waals surface area (Å²) in [5, 5.41) is 3.62. The summed E-state index contributed by atoms with van der Waals surface area (Å²) >= 11 is 6.13. The van der Waals surface area contributed by atoms with Gasteiger partial charge in [0.1, 0.15) is 5.82 Å². The molecule has 0 heterocycles. The molecule has 19 heavy (non-hydrogen) atoms. The third-order valence-electron chi connectivity index (χ3n) is 4.57. The van der Waals surface area contributed by atoms with Crippen molar-refractivity contribution in [1.82, 2.24) is 5.32 Å². The van der Waals surface area contributed by atoms with E-state index in [-0.39, 0.29) is 16.9 Å². The van der Waals surface area contributed by atoms with Crippen molar-refractivity contribution < 1.29 is 4.39 Å².